The van der Waals surface area contributed by atoms with E-state index in [4.69, 9.17) is 4.74 Å². The predicted molar refractivity (Wildman–Crippen MR) is 111 cm³/mol. The van der Waals surface area contributed by atoms with Gasteiger partial charge in [0.1, 0.15) is 11.7 Å². The maximum absolute atomic E-state index is 13.0. The Hall–Kier alpha value is -2.40. The average Bonchev–Trinajstić information content (AvgIpc) is 2.90. The molecule has 0 N–H and O–H groups in total. The first-order valence-corrected chi connectivity index (χ1v) is 10.2. The van der Waals surface area contributed by atoms with E-state index in [0.717, 1.165) is 43.1 Å². The molecule has 2 bridgehead atoms. The molecule has 2 aliphatic rings. The second-order valence-electron chi connectivity index (χ2n) is 8.25. The number of carbonyl (C=O) groups excluding carboxylic acids is 1. The van der Waals surface area contributed by atoms with Gasteiger partial charge in [0.25, 0.3) is 5.56 Å². The topological polar surface area (TPSA) is 51.5 Å². The molecule has 3 heterocycles. The van der Waals surface area contributed by atoms with Crippen LogP contribution < -0.4 is 5.56 Å². The van der Waals surface area contributed by atoms with Crippen molar-refractivity contribution in [2.75, 3.05) is 6.54 Å². The van der Waals surface area contributed by atoms with Gasteiger partial charge in [-0.15, -0.1) is 6.58 Å². The highest BCUT2D eigenvalue weighted by molar-refractivity contribution is 5.94. The van der Waals surface area contributed by atoms with E-state index < -0.39 is 5.97 Å². The van der Waals surface area contributed by atoms with E-state index in [-0.39, 0.29) is 23.3 Å². The lowest BCUT2D eigenvalue weighted by atomic mass is 9.99. The number of pyridine rings is 1. The molecule has 5 nitrogen and oxygen atoms in total. The summed E-state index contributed by atoms with van der Waals surface area (Å²) in [6.07, 6.45) is 5.78. The third kappa shape index (κ3) is 3.28. The van der Waals surface area contributed by atoms with Crippen LogP contribution in [0.4, 0.5) is 0 Å². The number of fused-ring (bicyclic) bond motifs is 3. The Labute approximate surface area is 165 Å². The Morgan fingerprint density at radius 1 is 1.25 bits per heavy atom. The number of ether oxygens (including phenoxy) is 1. The van der Waals surface area contributed by atoms with Crippen LogP contribution in [0.1, 0.15) is 55.9 Å². The third-order valence-corrected chi connectivity index (χ3v) is 6.14. The van der Waals surface area contributed by atoms with Gasteiger partial charge in [-0.3, -0.25) is 9.69 Å². The lowest BCUT2D eigenvalue weighted by molar-refractivity contribution is -0.00363. The van der Waals surface area contributed by atoms with E-state index in [2.05, 4.69) is 11.5 Å². The number of piperidine rings is 1. The van der Waals surface area contributed by atoms with E-state index in [1.54, 1.807) is 10.6 Å². The van der Waals surface area contributed by atoms with Gasteiger partial charge in [0, 0.05) is 37.5 Å². The van der Waals surface area contributed by atoms with Gasteiger partial charge in [0.15, 0.2) is 0 Å². The molecule has 0 aliphatic carbocycles. The van der Waals surface area contributed by atoms with Crippen LogP contribution in [0.5, 0.6) is 0 Å². The molecule has 0 radical (unpaired) electrons. The van der Waals surface area contributed by atoms with Crippen LogP contribution in [0.2, 0.25) is 0 Å². The summed E-state index contributed by atoms with van der Waals surface area (Å²) >= 11 is 0. The molecule has 0 spiro atoms. The summed E-state index contributed by atoms with van der Waals surface area (Å²) < 4.78 is 7.53. The smallest absolute Gasteiger partial charge is 0.344 e. The molecule has 0 amide bonds. The van der Waals surface area contributed by atoms with Crippen molar-refractivity contribution in [2.45, 2.75) is 63.8 Å². The highest BCUT2D eigenvalue weighted by Crippen LogP contribution is 2.36. The molecule has 2 aliphatic heterocycles. The van der Waals surface area contributed by atoms with Crippen molar-refractivity contribution in [3.05, 3.63) is 58.9 Å². The van der Waals surface area contributed by atoms with Crippen LogP contribution in [-0.2, 0) is 4.74 Å². The molecule has 1 aromatic carbocycles. The Morgan fingerprint density at radius 2 is 1.93 bits per heavy atom. The van der Waals surface area contributed by atoms with Crippen molar-refractivity contribution in [1.29, 1.82) is 0 Å². The number of carbonyl (C=O) groups is 1. The third-order valence-electron chi connectivity index (χ3n) is 6.14. The predicted octanol–water partition coefficient (Wildman–Crippen LogP) is 3.92. The lowest BCUT2D eigenvalue weighted by Crippen LogP contribution is -2.46. The van der Waals surface area contributed by atoms with Crippen LogP contribution in [0.25, 0.3) is 10.9 Å². The van der Waals surface area contributed by atoms with E-state index >= 15 is 0 Å². The molecule has 0 saturated carbocycles. The van der Waals surface area contributed by atoms with Gasteiger partial charge in [-0.1, -0.05) is 24.3 Å². The standard InChI is InChI=1S/C23H28N2O3/c1-4-11-24-17-9-10-18(24)14-19(13-17)28-23(27)20-12-16-7-5-6-8-21(16)25(15(2)3)22(20)26/h4-8,12,15,17-19H,1,9-11,13-14H2,2-3H3/t17-,18+,19?. The van der Waals surface area contributed by atoms with Crippen LogP contribution in [0.15, 0.2) is 47.8 Å². The van der Waals surface area contributed by atoms with E-state index in [9.17, 15) is 9.59 Å². The van der Waals surface area contributed by atoms with Gasteiger partial charge in [-0.2, -0.15) is 0 Å². The average molecular weight is 380 g/mol. The maximum atomic E-state index is 13.0. The van der Waals surface area contributed by atoms with Gasteiger partial charge < -0.3 is 9.30 Å². The largest absolute Gasteiger partial charge is 0.459 e. The van der Waals surface area contributed by atoms with Gasteiger partial charge >= 0.3 is 5.97 Å². The summed E-state index contributed by atoms with van der Waals surface area (Å²) in [4.78, 5) is 28.4. The summed E-state index contributed by atoms with van der Waals surface area (Å²) in [6.45, 7) is 8.65. The Kier molecular flexibility index (Phi) is 5.11. The van der Waals surface area contributed by atoms with Gasteiger partial charge in [0.05, 0.1) is 5.52 Å². The second-order valence-corrected chi connectivity index (χ2v) is 8.25. The Balaban J connectivity index is 1.59. The fourth-order valence-electron chi connectivity index (χ4n) is 4.93. The molecular weight excluding hydrogens is 352 g/mol. The first kappa shape index (κ1) is 18.9. The summed E-state index contributed by atoms with van der Waals surface area (Å²) in [6, 6.07) is 10.2. The number of para-hydroxylation sites is 1. The van der Waals surface area contributed by atoms with Crippen molar-refractivity contribution in [3.63, 3.8) is 0 Å². The molecule has 1 unspecified atom stereocenters. The van der Waals surface area contributed by atoms with E-state index in [0.29, 0.717) is 12.1 Å². The fraction of sp³-hybridized carbons (Fsp3) is 0.478. The van der Waals surface area contributed by atoms with Crippen molar-refractivity contribution < 1.29 is 9.53 Å². The molecule has 1 aromatic heterocycles. The van der Waals surface area contributed by atoms with Crippen LogP contribution in [0, 0.1) is 0 Å². The van der Waals surface area contributed by atoms with Crippen LogP contribution >= 0.6 is 0 Å². The maximum Gasteiger partial charge on any atom is 0.344 e. The van der Waals surface area contributed by atoms with Crippen molar-refractivity contribution >= 4 is 16.9 Å². The molecule has 4 rings (SSSR count). The van der Waals surface area contributed by atoms with Crippen molar-refractivity contribution in [2.24, 2.45) is 0 Å². The zero-order chi connectivity index (χ0) is 19.8. The second kappa shape index (κ2) is 7.55. The normalized spacial score (nSPS) is 24.6. The van der Waals surface area contributed by atoms with Crippen LogP contribution in [-0.4, -0.2) is 40.2 Å². The number of hydrogen-bond acceptors (Lipinski definition) is 4. The summed E-state index contributed by atoms with van der Waals surface area (Å²) in [5.74, 6) is -0.494. The zero-order valence-electron chi connectivity index (χ0n) is 16.6. The van der Waals surface area contributed by atoms with Crippen LogP contribution in [0.3, 0.4) is 0 Å². The Morgan fingerprint density at radius 3 is 2.57 bits per heavy atom. The fourth-order valence-corrected chi connectivity index (χ4v) is 4.93. The highest BCUT2D eigenvalue weighted by atomic mass is 16.5. The molecule has 5 heteroatoms. The van der Waals surface area contributed by atoms with E-state index in [1.807, 2.05) is 44.2 Å². The van der Waals surface area contributed by atoms with Crippen molar-refractivity contribution in [1.82, 2.24) is 9.47 Å². The quantitative estimate of drug-likeness (QED) is 0.583. The number of benzene rings is 1. The summed E-state index contributed by atoms with van der Waals surface area (Å²) in [5, 5.41) is 0.878. The lowest BCUT2D eigenvalue weighted by Gasteiger charge is -2.37. The summed E-state index contributed by atoms with van der Waals surface area (Å²) in [7, 11) is 0. The molecular formula is C23H28N2O3. The van der Waals surface area contributed by atoms with E-state index in [1.165, 1.54) is 0 Å². The molecule has 3 atom stereocenters. The number of esters is 1. The number of nitrogens with zero attached hydrogens (tertiary/aromatic N) is 2. The molecule has 2 fully saturated rings. The molecule has 2 saturated heterocycles. The molecule has 28 heavy (non-hydrogen) atoms. The first-order valence-electron chi connectivity index (χ1n) is 10.2. The Bertz CT molecular complexity index is 948. The molecule has 2 aromatic rings. The minimum absolute atomic E-state index is 0.0388. The van der Waals surface area contributed by atoms with Gasteiger partial charge in [-0.25, -0.2) is 4.79 Å². The zero-order valence-corrected chi connectivity index (χ0v) is 16.6. The SMILES string of the molecule is C=CCN1[C@@H]2CC[C@H]1CC(OC(=O)c1cc3ccccc3n(C(C)C)c1=O)C2. The van der Waals surface area contributed by atoms with Gasteiger partial charge in [-0.05, 0) is 44.2 Å². The highest BCUT2D eigenvalue weighted by Gasteiger charge is 2.41. The monoisotopic (exact) mass is 380 g/mol. The first-order chi connectivity index (χ1) is 13.5. The van der Waals surface area contributed by atoms with Gasteiger partial charge in [0.2, 0.25) is 0 Å². The van der Waals surface area contributed by atoms with Crippen molar-refractivity contribution in [3.8, 4) is 0 Å². The number of aromatic nitrogens is 1. The minimum Gasteiger partial charge on any atom is -0.459 e. The number of rotatable bonds is 5. The molecule has 148 valence electrons. The number of hydrogen-bond donors (Lipinski definition) is 0. The summed E-state index contributed by atoms with van der Waals surface area (Å²) in [5.41, 5.74) is 0.703. The minimum atomic E-state index is -0.494.